The normalized spacial score (nSPS) is 26.2. The van der Waals surface area contributed by atoms with Gasteiger partial charge in [0, 0.05) is 16.5 Å². The lowest BCUT2D eigenvalue weighted by atomic mass is 9.32. The highest BCUT2D eigenvalue weighted by molar-refractivity contribution is 6.09. The number of nitrogens with zero attached hydrogens (tertiary/aromatic N) is 3. The van der Waals surface area contributed by atoms with Crippen LogP contribution in [0, 0.1) is 22.7 Å². The van der Waals surface area contributed by atoms with E-state index in [1.165, 1.54) is 49.7 Å². The van der Waals surface area contributed by atoms with Gasteiger partial charge in [0.1, 0.15) is 12.1 Å². The van der Waals surface area contributed by atoms with Crippen LogP contribution in [-0.2, 0) is 21.7 Å². The summed E-state index contributed by atoms with van der Waals surface area (Å²) in [6.07, 6.45) is 6.40. The average Bonchev–Trinajstić information content (AvgIpc) is 3.52. The van der Waals surface area contributed by atoms with E-state index in [0.29, 0.717) is 11.1 Å². The molecule has 2 atom stereocenters. The zero-order chi connectivity index (χ0) is 34.3. The van der Waals surface area contributed by atoms with Gasteiger partial charge in [-0.1, -0.05) is 115 Å². The van der Waals surface area contributed by atoms with E-state index in [9.17, 15) is 10.5 Å². The lowest BCUT2D eigenvalue weighted by Gasteiger charge is -2.71. The van der Waals surface area contributed by atoms with Gasteiger partial charge in [0.05, 0.1) is 22.2 Å². The van der Waals surface area contributed by atoms with Gasteiger partial charge in [0.15, 0.2) is 0 Å². The van der Waals surface area contributed by atoms with Crippen molar-refractivity contribution in [3.63, 3.8) is 0 Å². The summed E-state index contributed by atoms with van der Waals surface area (Å²) in [6, 6.07) is 60.3. The Morgan fingerprint density at radius 1 is 0.392 bits per heavy atom. The summed E-state index contributed by atoms with van der Waals surface area (Å²) in [6.45, 7) is 0. The predicted molar refractivity (Wildman–Crippen MR) is 204 cm³/mol. The fourth-order valence-electron chi connectivity index (χ4n) is 11.7. The Bertz CT molecular complexity index is 2460. The Hall–Kier alpha value is -5.90. The molecule has 51 heavy (non-hydrogen) atoms. The summed E-state index contributed by atoms with van der Waals surface area (Å²) in [5, 5.41) is 22.6. The lowest BCUT2D eigenvalue weighted by molar-refractivity contribution is -0.0691. The number of fused-ring (bicyclic) bond motifs is 3. The molecule has 0 saturated heterocycles. The molecule has 0 aliphatic heterocycles. The Labute approximate surface area is 299 Å². The van der Waals surface area contributed by atoms with Gasteiger partial charge in [-0.25, -0.2) is 0 Å². The third-order valence-electron chi connectivity index (χ3n) is 13.0. The second-order valence-electron chi connectivity index (χ2n) is 15.8. The van der Waals surface area contributed by atoms with Gasteiger partial charge in [-0.3, -0.25) is 0 Å². The first-order valence-electron chi connectivity index (χ1n) is 18.1. The molecule has 0 N–H and O–H groups in total. The number of rotatable bonds is 5. The van der Waals surface area contributed by atoms with Crippen LogP contribution in [-0.4, -0.2) is 4.57 Å². The summed E-state index contributed by atoms with van der Waals surface area (Å²) in [7, 11) is 0. The number of hydrogen-bond donors (Lipinski definition) is 0. The van der Waals surface area contributed by atoms with E-state index >= 15 is 0 Å². The highest BCUT2D eigenvalue weighted by Gasteiger charge is 2.69. The van der Waals surface area contributed by atoms with Crippen LogP contribution in [0.15, 0.2) is 152 Å². The molecule has 1 heterocycles. The second-order valence-corrected chi connectivity index (χ2v) is 15.8. The zero-order valence-corrected chi connectivity index (χ0v) is 28.5. The molecule has 7 aromatic rings. The van der Waals surface area contributed by atoms with E-state index in [2.05, 4.69) is 162 Å². The highest BCUT2D eigenvalue weighted by atomic mass is 15.0. The first-order valence-corrected chi connectivity index (χ1v) is 18.1. The van der Waals surface area contributed by atoms with E-state index in [1.807, 2.05) is 6.07 Å². The number of aromatic nitrogens is 1. The van der Waals surface area contributed by atoms with E-state index in [4.69, 9.17) is 0 Å². The smallest absolute Gasteiger partial charge is 0.101 e. The van der Waals surface area contributed by atoms with Crippen LogP contribution in [0.1, 0.15) is 71.9 Å². The Balaban J connectivity index is 1.19. The molecular weight excluding hydrogens is 619 g/mol. The maximum absolute atomic E-state index is 10.2. The Morgan fingerprint density at radius 3 is 1.25 bits per heavy atom. The summed E-state index contributed by atoms with van der Waals surface area (Å²) >= 11 is 0. The van der Waals surface area contributed by atoms with Crippen LogP contribution in [0.5, 0.6) is 0 Å². The molecule has 0 spiro atoms. The minimum atomic E-state index is -0.161. The first kappa shape index (κ1) is 30.0. The standard InChI is InChI=1S/C48H37N3/c49-26-34-19-20-39(25-35(34)27-50)48-31-45(36-11-3-1-4-12-36)28-46(32-48,37-13-5-2-6-14-37)30-47(29-45,33-48)38-21-23-40(24-22-38)51-43-17-9-7-15-41(43)42-16-8-10-18-44(42)51/h1-25H,28-33H2. The molecule has 4 aliphatic rings. The Kier molecular flexibility index (Phi) is 6.35. The minimum Gasteiger partial charge on any atom is -0.309 e. The number of para-hydroxylation sites is 2. The van der Waals surface area contributed by atoms with Crippen molar-refractivity contribution in [1.29, 1.82) is 10.5 Å². The third-order valence-corrected chi connectivity index (χ3v) is 13.0. The van der Waals surface area contributed by atoms with Crippen LogP contribution in [0.4, 0.5) is 0 Å². The fourth-order valence-corrected chi connectivity index (χ4v) is 11.7. The van der Waals surface area contributed by atoms with Gasteiger partial charge in [0.25, 0.3) is 0 Å². The van der Waals surface area contributed by atoms with E-state index in [1.54, 1.807) is 0 Å². The van der Waals surface area contributed by atoms with Gasteiger partial charge in [-0.2, -0.15) is 10.5 Å². The SMILES string of the molecule is N#Cc1ccc(C23CC4(c5ccccc5)CC(c5ccccc5)(CC(c5ccc(-n6c7ccccc7c7ccccc76)cc5)(C4)C2)C3)cc1C#N. The number of nitriles is 2. The van der Waals surface area contributed by atoms with Crippen LogP contribution in [0.25, 0.3) is 27.5 Å². The van der Waals surface area contributed by atoms with Crippen molar-refractivity contribution < 1.29 is 0 Å². The molecule has 3 nitrogen and oxygen atoms in total. The van der Waals surface area contributed by atoms with Crippen LogP contribution in [0.2, 0.25) is 0 Å². The molecule has 4 saturated carbocycles. The second kappa shape index (κ2) is 10.8. The molecule has 2 unspecified atom stereocenters. The van der Waals surface area contributed by atoms with Gasteiger partial charge in [-0.05, 0) is 119 Å². The van der Waals surface area contributed by atoms with Crippen LogP contribution >= 0.6 is 0 Å². The fraction of sp³-hybridized carbons (Fsp3) is 0.208. The summed E-state index contributed by atoms with van der Waals surface area (Å²) < 4.78 is 2.41. The lowest BCUT2D eigenvalue weighted by Crippen LogP contribution is -2.67. The monoisotopic (exact) mass is 655 g/mol. The topological polar surface area (TPSA) is 52.5 Å². The van der Waals surface area contributed by atoms with Crippen molar-refractivity contribution >= 4 is 21.8 Å². The predicted octanol–water partition coefficient (Wildman–Crippen LogP) is 11.0. The molecule has 0 radical (unpaired) electrons. The van der Waals surface area contributed by atoms with Crippen molar-refractivity contribution in [2.75, 3.05) is 0 Å². The molecular formula is C48H37N3. The Morgan fingerprint density at radius 2 is 0.784 bits per heavy atom. The quantitative estimate of drug-likeness (QED) is 0.185. The van der Waals surface area contributed by atoms with Crippen molar-refractivity contribution in [3.8, 4) is 17.8 Å². The van der Waals surface area contributed by atoms with E-state index in [0.717, 1.165) is 38.5 Å². The minimum absolute atomic E-state index is 0.0436. The largest absolute Gasteiger partial charge is 0.309 e. The molecule has 1 aromatic heterocycles. The molecule has 11 rings (SSSR count). The maximum atomic E-state index is 10.2. The van der Waals surface area contributed by atoms with Crippen molar-refractivity contribution in [3.05, 3.63) is 185 Å². The third kappa shape index (κ3) is 4.28. The average molecular weight is 656 g/mol. The van der Waals surface area contributed by atoms with Crippen LogP contribution < -0.4 is 0 Å². The van der Waals surface area contributed by atoms with Gasteiger partial charge in [-0.15, -0.1) is 0 Å². The van der Waals surface area contributed by atoms with Gasteiger partial charge >= 0.3 is 0 Å². The summed E-state index contributed by atoms with van der Waals surface area (Å²) in [5.41, 5.74) is 9.70. The van der Waals surface area contributed by atoms with E-state index in [-0.39, 0.29) is 21.7 Å². The first-order chi connectivity index (χ1) is 25.0. The molecule has 4 fully saturated rings. The number of hydrogen-bond acceptors (Lipinski definition) is 2. The highest BCUT2D eigenvalue weighted by Crippen LogP contribution is 2.74. The van der Waals surface area contributed by atoms with Crippen molar-refractivity contribution in [1.82, 2.24) is 4.57 Å². The maximum Gasteiger partial charge on any atom is 0.101 e. The zero-order valence-electron chi connectivity index (χ0n) is 28.5. The molecule has 3 heteroatoms. The molecule has 244 valence electrons. The van der Waals surface area contributed by atoms with E-state index < -0.39 is 0 Å². The number of benzene rings is 6. The van der Waals surface area contributed by atoms with Crippen molar-refractivity contribution in [2.24, 2.45) is 0 Å². The summed E-state index contributed by atoms with van der Waals surface area (Å²) in [4.78, 5) is 0. The molecule has 6 aromatic carbocycles. The van der Waals surface area contributed by atoms with Gasteiger partial charge < -0.3 is 4.57 Å². The molecule has 4 aliphatic carbocycles. The molecule has 0 amide bonds. The molecule has 4 bridgehead atoms. The van der Waals surface area contributed by atoms with Gasteiger partial charge in [0.2, 0.25) is 0 Å². The van der Waals surface area contributed by atoms with Crippen LogP contribution in [0.3, 0.4) is 0 Å². The van der Waals surface area contributed by atoms with Crippen molar-refractivity contribution in [2.45, 2.75) is 60.2 Å². The summed E-state index contributed by atoms with van der Waals surface area (Å²) in [5.74, 6) is 0.